The Bertz CT molecular complexity index is 700. The van der Waals surface area contributed by atoms with Crippen molar-refractivity contribution >= 4 is 17.2 Å². The number of carbonyl (C=O) groups excluding carboxylic acids is 1. The van der Waals surface area contributed by atoms with Gasteiger partial charge in [0.05, 0.1) is 5.56 Å². The average Bonchev–Trinajstić information content (AvgIpc) is 3.05. The van der Waals surface area contributed by atoms with Gasteiger partial charge in [0.2, 0.25) is 5.56 Å². The SMILES string of the molecule is Cn1cc(CN2CCN(C(=O)c3ccsc3)CC2)ccc1=O. The molecule has 6 heteroatoms. The Hall–Kier alpha value is -1.92. The molecule has 0 aliphatic carbocycles. The smallest absolute Gasteiger partial charge is 0.254 e. The minimum Gasteiger partial charge on any atom is -0.336 e. The highest BCUT2D eigenvalue weighted by atomic mass is 32.1. The summed E-state index contributed by atoms with van der Waals surface area (Å²) in [5.41, 5.74) is 1.92. The zero-order chi connectivity index (χ0) is 15.5. The number of hydrogen-bond donors (Lipinski definition) is 0. The molecule has 5 nitrogen and oxygen atoms in total. The molecule has 1 aliphatic heterocycles. The van der Waals surface area contributed by atoms with E-state index >= 15 is 0 Å². The summed E-state index contributed by atoms with van der Waals surface area (Å²) in [5, 5.41) is 3.84. The summed E-state index contributed by atoms with van der Waals surface area (Å²) in [6.45, 7) is 4.03. The molecular weight excluding hydrogens is 298 g/mol. The van der Waals surface area contributed by atoms with Crippen LogP contribution in [-0.2, 0) is 13.6 Å². The molecule has 0 spiro atoms. The Morgan fingerprint density at radius 1 is 1.18 bits per heavy atom. The van der Waals surface area contributed by atoms with Crippen molar-refractivity contribution in [1.29, 1.82) is 0 Å². The van der Waals surface area contributed by atoms with Crippen molar-refractivity contribution in [3.05, 3.63) is 56.6 Å². The fourth-order valence-electron chi connectivity index (χ4n) is 2.68. The molecule has 0 N–H and O–H groups in total. The number of carbonyl (C=O) groups is 1. The minimum absolute atomic E-state index is 0.00919. The molecule has 0 aromatic carbocycles. The van der Waals surface area contributed by atoms with Gasteiger partial charge in [-0.15, -0.1) is 0 Å². The first kappa shape index (κ1) is 15.0. The molecule has 2 aromatic heterocycles. The highest BCUT2D eigenvalue weighted by Gasteiger charge is 2.22. The molecular formula is C16H19N3O2S. The third kappa shape index (κ3) is 3.28. The number of nitrogens with zero attached hydrogens (tertiary/aromatic N) is 3. The average molecular weight is 317 g/mol. The van der Waals surface area contributed by atoms with Crippen LogP contribution in [-0.4, -0.2) is 46.5 Å². The van der Waals surface area contributed by atoms with Crippen LogP contribution in [0.5, 0.6) is 0 Å². The van der Waals surface area contributed by atoms with E-state index in [1.54, 1.807) is 29.0 Å². The second-order valence-corrected chi connectivity index (χ2v) is 6.35. The van der Waals surface area contributed by atoms with Crippen molar-refractivity contribution in [3.63, 3.8) is 0 Å². The predicted molar refractivity (Wildman–Crippen MR) is 87.2 cm³/mol. The van der Waals surface area contributed by atoms with E-state index in [0.717, 1.165) is 43.9 Å². The highest BCUT2D eigenvalue weighted by Crippen LogP contribution is 2.13. The number of aromatic nitrogens is 1. The van der Waals surface area contributed by atoms with Crippen LogP contribution in [0.4, 0.5) is 0 Å². The lowest BCUT2D eigenvalue weighted by Crippen LogP contribution is -2.48. The van der Waals surface area contributed by atoms with Crippen molar-refractivity contribution < 1.29 is 4.79 Å². The monoisotopic (exact) mass is 317 g/mol. The van der Waals surface area contributed by atoms with Gasteiger partial charge < -0.3 is 9.47 Å². The fourth-order valence-corrected chi connectivity index (χ4v) is 3.31. The van der Waals surface area contributed by atoms with E-state index in [1.807, 2.05) is 34.0 Å². The van der Waals surface area contributed by atoms with Crippen molar-refractivity contribution in [2.24, 2.45) is 7.05 Å². The summed E-state index contributed by atoms with van der Waals surface area (Å²) in [4.78, 5) is 27.9. The van der Waals surface area contributed by atoms with E-state index in [0.29, 0.717) is 0 Å². The van der Waals surface area contributed by atoms with Gasteiger partial charge in [0, 0.05) is 57.4 Å². The lowest BCUT2D eigenvalue weighted by molar-refractivity contribution is 0.0629. The largest absolute Gasteiger partial charge is 0.336 e. The molecule has 2 aromatic rings. The van der Waals surface area contributed by atoms with Crippen molar-refractivity contribution in [3.8, 4) is 0 Å². The first-order valence-corrected chi connectivity index (χ1v) is 8.27. The van der Waals surface area contributed by atoms with Gasteiger partial charge in [-0.2, -0.15) is 11.3 Å². The molecule has 3 heterocycles. The van der Waals surface area contributed by atoms with Crippen LogP contribution in [0.15, 0.2) is 40.0 Å². The summed E-state index contributed by atoms with van der Waals surface area (Å²) in [5.74, 6) is 0.128. The number of aryl methyl sites for hydroxylation is 1. The van der Waals surface area contributed by atoms with Gasteiger partial charge in [0.25, 0.3) is 5.91 Å². The van der Waals surface area contributed by atoms with Crippen LogP contribution in [0, 0.1) is 0 Å². The number of hydrogen-bond acceptors (Lipinski definition) is 4. The summed E-state index contributed by atoms with van der Waals surface area (Å²) in [7, 11) is 1.77. The van der Waals surface area contributed by atoms with Gasteiger partial charge in [-0.25, -0.2) is 0 Å². The zero-order valence-corrected chi connectivity index (χ0v) is 13.4. The van der Waals surface area contributed by atoms with Gasteiger partial charge in [0.15, 0.2) is 0 Å². The van der Waals surface area contributed by atoms with E-state index in [1.165, 1.54) is 0 Å². The molecule has 22 heavy (non-hydrogen) atoms. The number of rotatable bonds is 3. The van der Waals surface area contributed by atoms with Crippen molar-refractivity contribution in [1.82, 2.24) is 14.4 Å². The van der Waals surface area contributed by atoms with Crippen LogP contribution in [0.1, 0.15) is 15.9 Å². The summed E-state index contributed by atoms with van der Waals surface area (Å²) < 4.78 is 1.60. The summed E-state index contributed by atoms with van der Waals surface area (Å²) in [6, 6.07) is 5.36. The molecule has 0 atom stereocenters. The van der Waals surface area contributed by atoms with E-state index in [-0.39, 0.29) is 11.5 Å². The maximum Gasteiger partial charge on any atom is 0.254 e. The quantitative estimate of drug-likeness (QED) is 0.860. The van der Waals surface area contributed by atoms with Crippen LogP contribution in [0.2, 0.25) is 0 Å². The van der Waals surface area contributed by atoms with Gasteiger partial charge in [0.1, 0.15) is 0 Å². The number of amides is 1. The Labute approximate surface area is 133 Å². The summed E-state index contributed by atoms with van der Waals surface area (Å²) >= 11 is 1.55. The molecule has 0 radical (unpaired) electrons. The Morgan fingerprint density at radius 3 is 2.59 bits per heavy atom. The maximum atomic E-state index is 12.3. The second-order valence-electron chi connectivity index (χ2n) is 5.57. The molecule has 0 unspecified atom stereocenters. The highest BCUT2D eigenvalue weighted by molar-refractivity contribution is 7.08. The molecule has 1 aliphatic rings. The summed E-state index contributed by atoms with van der Waals surface area (Å²) in [6.07, 6.45) is 1.88. The molecule has 0 bridgehead atoms. The number of piperazine rings is 1. The minimum atomic E-state index is 0.00919. The third-order valence-electron chi connectivity index (χ3n) is 3.98. The predicted octanol–water partition coefficient (Wildman–Crippen LogP) is 1.40. The molecule has 3 rings (SSSR count). The number of pyridine rings is 1. The lowest BCUT2D eigenvalue weighted by atomic mass is 10.2. The second kappa shape index (κ2) is 6.46. The van der Waals surface area contributed by atoms with Gasteiger partial charge in [-0.05, 0) is 17.0 Å². The van der Waals surface area contributed by atoms with Crippen LogP contribution < -0.4 is 5.56 Å². The maximum absolute atomic E-state index is 12.3. The van der Waals surface area contributed by atoms with E-state index in [9.17, 15) is 9.59 Å². The molecule has 0 saturated carbocycles. The van der Waals surface area contributed by atoms with Gasteiger partial charge in [-0.1, -0.05) is 6.07 Å². The molecule has 1 saturated heterocycles. The first-order chi connectivity index (χ1) is 10.6. The first-order valence-electron chi connectivity index (χ1n) is 7.33. The topological polar surface area (TPSA) is 45.5 Å². The fraction of sp³-hybridized carbons (Fsp3) is 0.375. The van der Waals surface area contributed by atoms with E-state index < -0.39 is 0 Å². The van der Waals surface area contributed by atoms with Gasteiger partial charge >= 0.3 is 0 Å². The van der Waals surface area contributed by atoms with Crippen LogP contribution in [0.3, 0.4) is 0 Å². The Kier molecular flexibility index (Phi) is 4.40. The lowest BCUT2D eigenvalue weighted by Gasteiger charge is -2.34. The molecule has 1 amide bonds. The van der Waals surface area contributed by atoms with Crippen molar-refractivity contribution in [2.45, 2.75) is 6.54 Å². The Morgan fingerprint density at radius 2 is 1.95 bits per heavy atom. The standard InChI is InChI=1S/C16H19N3O2S/c1-17-10-13(2-3-15(17)20)11-18-5-7-19(8-6-18)16(21)14-4-9-22-12-14/h2-4,9-10,12H,5-8,11H2,1H3. The molecule has 116 valence electrons. The molecule has 1 fully saturated rings. The van der Waals surface area contributed by atoms with Gasteiger partial charge in [-0.3, -0.25) is 14.5 Å². The van der Waals surface area contributed by atoms with E-state index in [4.69, 9.17) is 0 Å². The number of thiophene rings is 1. The Balaban J connectivity index is 1.56. The third-order valence-corrected chi connectivity index (χ3v) is 4.66. The van der Waals surface area contributed by atoms with Crippen molar-refractivity contribution in [2.75, 3.05) is 26.2 Å². The van der Waals surface area contributed by atoms with E-state index in [2.05, 4.69) is 4.90 Å². The normalized spacial score (nSPS) is 16.0. The van der Waals surface area contributed by atoms with Crippen LogP contribution in [0.25, 0.3) is 0 Å². The zero-order valence-electron chi connectivity index (χ0n) is 12.6. The van der Waals surface area contributed by atoms with Crippen LogP contribution >= 0.6 is 11.3 Å².